The van der Waals surface area contributed by atoms with Gasteiger partial charge in [0.15, 0.2) is 5.82 Å². The Kier molecular flexibility index (Phi) is 2.75. The van der Waals surface area contributed by atoms with E-state index < -0.39 is 6.04 Å². The largest absolute Gasteiger partial charge is 0.382 e. The molecule has 5 nitrogen and oxygen atoms in total. The monoisotopic (exact) mass is 227 g/mol. The first kappa shape index (κ1) is 10.2. The second-order valence-corrected chi connectivity index (χ2v) is 3.56. The average molecular weight is 228 g/mol. The molecule has 0 fully saturated rings. The molecular weight excluding hydrogens is 218 g/mol. The molecule has 15 heavy (non-hydrogen) atoms. The van der Waals surface area contributed by atoms with Gasteiger partial charge in [-0.05, 0) is 12.1 Å². The quantitative estimate of drug-likeness (QED) is 0.743. The van der Waals surface area contributed by atoms with Crippen LogP contribution in [-0.2, 0) is 9.53 Å². The maximum absolute atomic E-state index is 11.5. The summed E-state index contributed by atoms with van der Waals surface area (Å²) in [6, 6.07) is 2.91. The molecular formula is C9H10ClN3O2. The summed E-state index contributed by atoms with van der Waals surface area (Å²) in [6.45, 7) is 0.291. The summed E-state index contributed by atoms with van der Waals surface area (Å²) in [5.41, 5.74) is 0.636. The molecule has 2 rings (SSSR count). The van der Waals surface area contributed by atoms with E-state index in [9.17, 15) is 4.79 Å². The number of methoxy groups -OCH3 is 1. The second-order valence-electron chi connectivity index (χ2n) is 3.17. The van der Waals surface area contributed by atoms with Crippen LogP contribution in [0.15, 0.2) is 12.1 Å². The molecule has 80 valence electrons. The zero-order chi connectivity index (χ0) is 10.8. The number of nitrogens with one attached hydrogen (secondary N) is 2. The summed E-state index contributed by atoms with van der Waals surface area (Å²) in [5.74, 6) is 0.442. The number of carbonyl (C=O) groups is 1. The van der Waals surface area contributed by atoms with Gasteiger partial charge in [-0.1, -0.05) is 11.6 Å². The Morgan fingerprint density at radius 3 is 3.13 bits per heavy atom. The minimum Gasteiger partial charge on any atom is -0.382 e. The molecule has 1 unspecified atom stereocenters. The van der Waals surface area contributed by atoms with Gasteiger partial charge in [-0.2, -0.15) is 0 Å². The highest BCUT2D eigenvalue weighted by molar-refractivity contribution is 6.29. The Hall–Kier alpha value is -1.33. The molecule has 0 spiro atoms. The van der Waals surface area contributed by atoms with Crippen molar-refractivity contribution in [1.82, 2.24) is 4.98 Å². The van der Waals surface area contributed by atoms with Gasteiger partial charge in [-0.15, -0.1) is 0 Å². The number of hydrogen-bond acceptors (Lipinski definition) is 4. The molecule has 1 aromatic heterocycles. The summed E-state index contributed by atoms with van der Waals surface area (Å²) < 4.78 is 4.91. The second kappa shape index (κ2) is 4.04. The number of halogens is 1. The van der Waals surface area contributed by atoms with Crippen molar-refractivity contribution in [2.24, 2.45) is 0 Å². The fourth-order valence-electron chi connectivity index (χ4n) is 1.38. The van der Waals surface area contributed by atoms with Crippen LogP contribution in [0.5, 0.6) is 0 Å². The van der Waals surface area contributed by atoms with Gasteiger partial charge in [-0.25, -0.2) is 4.98 Å². The molecule has 2 N–H and O–H groups in total. The van der Waals surface area contributed by atoms with E-state index in [0.29, 0.717) is 23.3 Å². The number of amides is 1. The van der Waals surface area contributed by atoms with E-state index in [1.54, 1.807) is 12.1 Å². The van der Waals surface area contributed by atoms with Crippen LogP contribution < -0.4 is 10.6 Å². The zero-order valence-electron chi connectivity index (χ0n) is 8.08. The summed E-state index contributed by atoms with van der Waals surface area (Å²) >= 11 is 5.74. The molecule has 1 aliphatic heterocycles. The molecule has 1 aliphatic rings. The number of aromatic nitrogens is 1. The molecule has 1 atom stereocenters. The summed E-state index contributed by atoms with van der Waals surface area (Å²) in [7, 11) is 1.54. The Morgan fingerprint density at radius 1 is 1.60 bits per heavy atom. The molecule has 0 saturated heterocycles. The van der Waals surface area contributed by atoms with Gasteiger partial charge in [0.1, 0.15) is 11.2 Å². The highest BCUT2D eigenvalue weighted by atomic mass is 35.5. The average Bonchev–Trinajstić information content (AvgIpc) is 2.20. The first-order chi connectivity index (χ1) is 7.20. The van der Waals surface area contributed by atoms with Crippen molar-refractivity contribution >= 4 is 29.0 Å². The van der Waals surface area contributed by atoms with Crippen LogP contribution in [0.3, 0.4) is 0 Å². The van der Waals surface area contributed by atoms with E-state index in [2.05, 4.69) is 15.6 Å². The minimum absolute atomic E-state index is 0.131. The Bertz CT molecular complexity index is 397. The van der Waals surface area contributed by atoms with Crippen molar-refractivity contribution in [3.05, 3.63) is 17.3 Å². The standard InChI is InChI=1S/C9H10ClN3O2/c1-15-4-6-9(14)12-5-2-3-7(10)13-8(5)11-6/h2-3,6H,4H2,1H3,(H,11,13)(H,12,14). The molecule has 0 aromatic carbocycles. The van der Waals surface area contributed by atoms with Crippen molar-refractivity contribution in [2.45, 2.75) is 6.04 Å². The zero-order valence-corrected chi connectivity index (χ0v) is 8.84. The number of fused-ring (bicyclic) bond motifs is 1. The topological polar surface area (TPSA) is 63.2 Å². The predicted molar refractivity (Wildman–Crippen MR) is 57.2 cm³/mol. The molecule has 1 amide bonds. The lowest BCUT2D eigenvalue weighted by Crippen LogP contribution is -2.42. The lowest BCUT2D eigenvalue weighted by atomic mass is 10.2. The van der Waals surface area contributed by atoms with Gasteiger partial charge >= 0.3 is 0 Å². The lowest BCUT2D eigenvalue weighted by Gasteiger charge is -2.25. The third-order valence-electron chi connectivity index (χ3n) is 2.08. The minimum atomic E-state index is -0.423. The molecule has 0 saturated carbocycles. The molecule has 0 aliphatic carbocycles. The van der Waals surface area contributed by atoms with E-state index in [0.717, 1.165) is 0 Å². The van der Waals surface area contributed by atoms with Crippen LogP contribution in [0.2, 0.25) is 5.15 Å². The van der Waals surface area contributed by atoms with E-state index >= 15 is 0 Å². The number of hydrogen-bond donors (Lipinski definition) is 2. The number of pyridine rings is 1. The molecule has 0 bridgehead atoms. The lowest BCUT2D eigenvalue weighted by molar-refractivity contribution is -0.118. The Balaban J connectivity index is 2.26. The highest BCUT2D eigenvalue weighted by Crippen LogP contribution is 2.25. The molecule has 6 heteroatoms. The fraction of sp³-hybridized carbons (Fsp3) is 0.333. The highest BCUT2D eigenvalue weighted by Gasteiger charge is 2.25. The predicted octanol–water partition coefficient (Wildman–Crippen LogP) is 1.11. The maximum atomic E-state index is 11.5. The Labute approximate surface area is 91.8 Å². The van der Waals surface area contributed by atoms with Gasteiger partial charge in [-0.3, -0.25) is 4.79 Å². The smallest absolute Gasteiger partial charge is 0.249 e. The van der Waals surface area contributed by atoms with Crippen LogP contribution >= 0.6 is 11.6 Å². The summed E-state index contributed by atoms with van der Waals surface area (Å²) in [4.78, 5) is 15.6. The van der Waals surface area contributed by atoms with Crippen LogP contribution in [0, 0.1) is 0 Å². The van der Waals surface area contributed by atoms with Gasteiger partial charge in [0.25, 0.3) is 0 Å². The first-order valence-corrected chi connectivity index (χ1v) is 4.81. The van der Waals surface area contributed by atoms with Gasteiger partial charge in [0.05, 0.1) is 12.3 Å². The van der Waals surface area contributed by atoms with Crippen LogP contribution in [0.4, 0.5) is 11.5 Å². The van der Waals surface area contributed by atoms with Crippen LogP contribution in [-0.4, -0.2) is 30.6 Å². The fourth-order valence-corrected chi connectivity index (χ4v) is 1.53. The third-order valence-corrected chi connectivity index (χ3v) is 2.29. The van der Waals surface area contributed by atoms with Crippen LogP contribution in [0.1, 0.15) is 0 Å². The van der Waals surface area contributed by atoms with Crippen LogP contribution in [0.25, 0.3) is 0 Å². The van der Waals surface area contributed by atoms with Gasteiger partial charge in [0.2, 0.25) is 5.91 Å². The SMILES string of the molecule is COCC1Nc2nc(Cl)ccc2NC1=O. The Morgan fingerprint density at radius 2 is 2.40 bits per heavy atom. The number of ether oxygens (including phenoxy) is 1. The van der Waals surface area contributed by atoms with Gasteiger partial charge in [0, 0.05) is 7.11 Å². The van der Waals surface area contributed by atoms with Crippen molar-refractivity contribution in [3.63, 3.8) is 0 Å². The number of nitrogens with zero attached hydrogens (tertiary/aromatic N) is 1. The van der Waals surface area contributed by atoms with E-state index in [1.165, 1.54) is 7.11 Å². The molecule has 0 radical (unpaired) electrons. The van der Waals surface area contributed by atoms with E-state index in [1.807, 2.05) is 0 Å². The summed E-state index contributed by atoms with van der Waals surface area (Å²) in [5, 5.41) is 6.06. The third kappa shape index (κ3) is 2.03. The number of anilines is 2. The van der Waals surface area contributed by atoms with E-state index in [-0.39, 0.29) is 5.91 Å². The number of rotatable bonds is 2. The maximum Gasteiger partial charge on any atom is 0.249 e. The van der Waals surface area contributed by atoms with Crippen molar-refractivity contribution in [1.29, 1.82) is 0 Å². The molecule has 2 heterocycles. The summed E-state index contributed by atoms with van der Waals surface area (Å²) in [6.07, 6.45) is 0. The van der Waals surface area contributed by atoms with Crippen molar-refractivity contribution in [3.8, 4) is 0 Å². The first-order valence-electron chi connectivity index (χ1n) is 4.43. The van der Waals surface area contributed by atoms with Crippen molar-refractivity contribution in [2.75, 3.05) is 24.4 Å². The number of carbonyl (C=O) groups excluding carboxylic acids is 1. The normalized spacial score (nSPS) is 19.1. The van der Waals surface area contributed by atoms with Gasteiger partial charge < -0.3 is 15.4 Å². The molecule has 1 aromatic rings. The van der Waals surface area contributed by atoms with E-state index in [4.69, 9.17) is 16.3 Å². The van der Waals surface area contributed by atoms with Crippen molar-refractivity contribution < 1.29 is 9.53 Å².